The minimum Gasteiger partial charge on any atom is -0.482 e. The van der Waals surface area contributed by atoms with Gasteiger partial charge in [-0.15, -0.1) is 0 Å². The van der Waals surface area contributed by atoms with E-state index in [0.717, 1.165) is 16.8 Å². The van der Waals surface area contributed by atoms with E-state index in [0.29, 0.717) is 23.4 Å². The molecule has 0 aliphatic rings. The molecule has 0 spiro atoms. The highest BCUT2D eigenvalue weighted by Crippen LogP contribution is 2.23. The summed E-state index contributed by atoms with van der Waals surface area (Å²) in [5.74, 6) is 0.136. The molecule has 0 saturated heterocycles. The second-order valence-electron chi connectivity index (χ2n) is 5.68. The van der Waals surface area contributed by atoms with Crippen LogP contribution in [0.1, 0.15) is 34.8 Å². The van der Waals surface area contributed by atoms with E-state index >= 15 is 0 Å². The molecule has 0 atom stereocenters. The minimum atomic E-state index is -0.267. The van der Waals surface area contributed by atoms with Crippen molar-refractivity contribution < 1.29 is 14.3 Å². The summed E-state index contributed by atoms with van der Waals surface area (Å²) in [4.78, 5) is 23.7. The summed E-state index contributed by atoms with van der Waals surface area (Å²) in [6.07, 6.45) is 0.415. The van der Waals surface area contributed by atoms with E-state index in [4.69, 9.17) is 10.5 Å². The standard InChI is InChI=1S/C19H22N2O3/c1-4-17(22)14-7-8-18(15(20)10-14)24-11-19(23)21-16-9-12(2)5-6-13(16)3/h5-10H,4,11,20H2,1-3H3,(H,21,23). The molecular formula is C19H22N2O3. The third-order valence-electron chi connectivity index (χ3n) is 3.68. The van der Waals surface area contributed by atoms with Gasteiger partial charge < -0.3 is 15.8 Å². The molecule has 0 bridgehead atoms. The Bertz CT molecular complexity index is 769. The minimum absolute atomic E-state index is 0.0147. The average molecular weight is 326 g/mol. The predicted octanol–water partition coefficient (Wildman–Crippen LogP) is 3.50. The number of nitrogens with one attached hydrogen (secondary N) is 1. The maximum absolute atomic E-state index is 12.1. The average Bonchev–Trinajstić information content (AvgIpc) is 2.56. The number of carbonyl (C=O) groups is 2. The monoisotopic (exact) mass is 326 g/mol. The molecule has 0 saturated carbocycles. The number of rotatable bonds is 6. The van der Waals surface area contributed by atoms with Crippen molar-refractivity contribution >= 4 is 23.1 Å². The number of ketones is 1. The van der Waals surface area contributed by atoms with Crippen LogP contribution in [0.5, 0.6) is 5.75 Å². The Kier molecular flexibility index (Phi) is 5.58. The molecule has 0 aromatic heterocycles. The molecule has 2 aromatic carbocycles. The number of carbonyl (C=O) groups excluding carboxylic acids is 2. The first kappa shape index (κ1) is 17.5. The zero-order valence-electron chi connectivity index (χ0n) is 14.2. The van der Waals surface area contributed by atoms with Crippen molar-refractivity contribution in [1.29, 1.82) is 0 Å². The molecule has 0 radical (unpaired) electrons. The fourth-order valence-corrected chi connectivity index (χ4v) is 2.26. The molecule has 0 aliphatic heterocycles. The van der Waals surface area contributed by atoms with Gasteiger partial charge in [-0.05, 0) is 49.2 Å². The fourth-order valence-electron chi connectivity index (χ4n) is 2.26. The summed E-state index contributed by atoms with van der Waals surface area (Å²) in [5.41, 5.74) is 9.59. The number of Topliss-reactive ketones (excluding diaryl/α,β-unsaturated/α-hetero) is 1. The van der Waals surface area contributed by atoms with Crippen molar-refractivity contribution in [2.45, 2.75) is 27.2 Å². The van der Waals surface area contributed by atoms with Gasteiger partial charge in [0.05, 0.1) is 5.69 Å². The lowest BCUT2D eigenvalue weighted by atomic mass is 10.1. The van der Waals surface area contributed by atoms with E-state index in [1.165, 1.54) is 0 Å². The smallest absolute Gasteiger partial charge is 0.262 e. The number of ether oxygens (including phenoxy) is 1. The number of aryl methyl sites for hydroxylation is 2. The first-order valence-electron chi connectivity index (χ1n) is 7.83. The maximum atomic E-state index is 12.1. The third kappa shape index (κ3) is 4.35. The summed E-state index contributed by atoms with van der Waals surface area (Å²) in [6, 6.07) is 10.7. The third-order valence-corrected chi connectivity index (χ3v) is 3.68. The molecule has 0 unspecified atom stereocenters. The fraction of sp³-hybridized carbons (Fsp3) is 0.263. The molecule has 5 nitrogen and oxygen atoms in total. The molecule has 0 aliphatic carbocycles. The Morgan fingerprint density at radius 1 is 1.12 bits per heavy atom. The Morgan fingerprint density at radius 3 is 2.54 bits per heavy atom. The molecule has 0 fully saturated rings. The number of nitrogen functional groups attached to an aromatic ring is 1. The van der Waals surface area contributed by atoms with E-state index in [-0.39, 0.29) is 18.3 Å². The molecule has 5 heteroatoms. The maximum Gasteiger partial charge on any atom is 0.262 e. The second kappa shape index (κ2) is 7.64. The molecule has 3 N–H and O–H groups in total. The molecule has 0 heterocycles. The molecule has 126 valence electrons. The van der Waals surface area contributed by atoms with Crippen molar-refractivity contribution in [3.63, 3.8) is 0 Å². The predicted molar refractivity (Wildman–Crippen MR) is 95.5 cm³/mol. The summed E-state index contributed by atoms with van der Waals surface area (Å²) >= 11 is 0. The Labute approximate surface area is 141 Å². The van der Waals surface area contributed by atoms with Crippen LogP contribution in [0.3, 0.4) is 0 Å². The van der Waals surface area contributed by atoms with Crippen molar-refractivity contribution in [3.8, 4) is 5.75 Å². The quantitative estimate of drug-likeness (QED) is 0.629. The Balaban J connectivity index is 1.99. The van der Waals surface area contributed by atoms with Gasteiger partial charge in [0.1, 0.15) is 5.75 Å². The largest absolute Gasteiger partial charge is 0.482 e. The number of nitrogens with two attached hydrogens (primary N) is 1. The Morgan fingerprint density at radius 2 is 1.88 bits per heavy atom. The van der Waals surface area contributed by atoms with Gasteiger partial charge in [-0.1, -0.05) is 19.1 Å². The van der Waals surface area contributed by atoms with E-state index in [9.17, 15) is 9.59 Å². The van der Waals surface area contributed by atoms with Crippen LogP contribution >= 0.6 is 0 Å². The van der Waals surface area contributed by atoms with Gasteiger partial charge in [-0.3, -0.25) is 9.59 Å². The van der Waals surface area contributed by atoms with Crippen LogP contribution in [0.2, 0.25) is 0 Å². The second-order valence-corrected chi connectivity index (χ2v) is 5.68. The lowest BCUT2D eigenvalue weighted by Gasteiger charge is -2.12. The van der Waals surface area contributed by atoms with Crippen molar-refractivity contribution in [3.05, 3.63) is 53.1 Å². The molecule has 24 heavy (non-hydrogen) atoms. The topological polar surface area (TPSA) is 81.4 Å². The van der Waals surface area contributed by atoms with Gasteiger partial charge in [0.25, 0.3) is 5.91 Å². The van der Waals surface area contributed by atoms with Gasteiger partial charge in [-0.2, -0.15) is 0 Å². The van der Waals surface area contributed by atoms with Gasteiger partial charge in [-0.25, -0.2) is 0 Å². The normalized spacial score (nSPS) is 10.3. The van der Waals surface area contributed by atoms with E-state index in [2.05, 4.69) is 5.32 Å². The van der Waals surface area contributed by atoms with Gasteiger partial charge in [0.15, 0.2) is 12.4 Å². The van der Waals surface area contributed by atoms with Gasteiger partial charge in [0, 0.05) is 17.7 Å². The number of amides is 1. The van der Waals surface area contributed by atoms with Crippen LogP contribution in [-0.4, -0.2) is 18.3 Å². The Hall–Kier alpha value is -2.82. The zero-order valence-corrected chi connectivity index (χ0v) is 14.2. The van der Waals surface area contributed by atoms with Crippen LogP contribution < -0.4 is 15.8 Å². The molecule has 1 amide bonds. The first-order valence-corrected chi connectivity index (χ1v) is 7.83. The SMILES string of the molecule is CCC(=O)c1ccc(OCC(=O)Nc2cc(C)ccc2C)c(N)c1. The van der Waals surface area contributed by atoms with Crippen molar-refractivity contribution in [1.82, 2.24) is 0 Å². The number of hydrogen-bond acceptors (Lipinski definition) is 4. The van der Waals surface area contributed by atoms with E-state index in [1.54, 1.807) is 25.1 Å². The molecule has 2 rings (SSSR count). The highest BCUT2D eigenvalue weighted by atomic mass is 16.5. The lowest BCUT2D eigenvalue weighted by Crippen LogP contribution is -2.21. The van der Waals surface area contributed by atoms with E-state index in [1.807, 2.05) is 32.0 Å². The van der Waals surface area contributed by atoms with Crippen LogP contribution in [0.15, 0.2) is 36.4 Å². The van der Waals surface area contributed by atoms with Crippen LogP contribution in [0.4, 0.5) is 11.4 Å². The summed E-state index contributed by atoms with van der Waals surface area (Å²) in [7, 11) is 0. The number of anilines is 2. The highest BCUT2D eigenvalue weighted by molar-refractivity contribution is 5.97. The van der Waals surface area contributed by atoms with Crippen LogP contribution in [0.25, 0.3) is 0 Å². The van der Waals surface area contributed by atoms with Crippen LogP contribution in [-0.2, 0) is 4.79 Å². The first-order chi connectivity index (χ1) is 11.4. The summed E-state index contributed by atoms with van der Waals surface area (Å²) in [6.45, 7) is 5.53. The number of benzene rings is 2. The summed E-state index contributed by atoms with van der Waals surface area (Å²) < 4.78 is 5.46. The van der Waals surface area contributed by atoms with Gasteiger partial charge in [0.2, 0.25) is 0 Å². The zero-order chi connectivity index (χ0) is 17.7. The molecular weight excluding hydrogens is 304 g/mol. The van der Waals surface area contributed by atoms with E-state index < -0.39 is 0 Å². The van der Waals surface area contributed by atoms with Crippen LogP contribution in [0, 0.1) is 13.8 Å². The highest BCUT2D eigenvalue weighted by Gasteiger charge is 2.10. The molecule has 2 aromatic rings. The summed E-state index contributed by atoms with van der Waals surface area (Å²) in [5, 5.41) is 2.82. The lowest BCUT2D eigenvalue weighted by molar-refractivity contribution is -0.118. The van der Waals surface area contributed by atoms with Crippen molar-refractivity contribution in [2.24, 2.45) is 0 Å². The van der Waals surface area contributed by atoms with Crippen molar-refractivity contribution in [2.75, 3.05) is 17.7 Å². The number of hydrogen-bond donors (Lipinski definition) is 2. The van der Waals surface area contributed by atoms with Gasteiger partial charge >= 0.3 is 0 Å².